The highest BCUT2D eigenvalue weighted by molar-refractivity contribution is 5.84. The molecule has 35 heavy (non-hydrogen) atoms. The Hall–Kier alpha value is -2.03. The summed E-state index contributed by atoms with van der Waals surface area (Å²) in [5, 5.41) is 2.57. The summed E-state index contributed by atoms with van der Waals surface area (Å²) in [6.45, 7) is 9.50. The number of benzene rings is 2. The van der Waals surface area contributed by atoms with Gasteiger partial charge in [-0.05, 0) is 110 Å². The Morgan fingerprint density at radius 2 is 1.63 bits per heavy atom. The molecule has 0 bridgehead atoms. The lowest BCUT2D eigenvalue weighted by molar-refractivity contribution is -0.148. The van der Waals surface area contributed by atoms with Crippen molar-refractivity contribution < 1.29 is 14.3 Å². The van der Waals surface area contributed by atoms with Crippen LogP contribution in [0.1, 0.15) is 97.5 Å². The number of hydrogen-bond donors (Lipinski definition) is 0. The van der Waals surface area contributed by atoms with Crippen LogP contribution in [0.25, 0.3) is 10.8 Å². The largest absolute Gasteiger partial charge is 0.490 e. The van der Waals surface area contributed by atoms with Crippen molar-refractivity contribution in [1.29, 1.82) is 0 Å². The molecule has 2 atom stereocenters. The van der Waals surface area contributed by atoms with Crippen LogP contribution in [0.15, 0.2) is 36.4 Å². The van der Waals surface area contributed by atoms with Crippen LogP contribution in [0.5, 0.6) is 5.75 Å². The third-order valence-electron chi connectivity index (χ3n) is 8.63. The SMILES string of the molecule is CCOC(=O)C1CCCC(CCc2ccc3cc(OC4CCC(C(C)(C)C)CC4)ccc3c2)CC1. The van der Waals surface area contributed by atoms with E-state index >= 15 is 0 Å². The van der Waals surface area contributed by atoms with Crippen LogP contribution < -0.4 is 4.74 Å². The van der Waals surface area contributed by atoms with Gasteiger partial charge in [-0.2, -0.15) is 0 Å². The van der Waals surface area contributed by atoms with Gasteiger partial charge < -0.3 is 9.47 Å². The Bertz CT molecular complexity index is 964. The molecule has 0 saturated heterocycles. The summed E-state index contributed by atoms with van der Waals surface area (Å²) in [7, 11) is 0. The summed E-state index contributed by atoms with van der Waals surface area (Å²) in [5.74, 6) is 2.68. The molecule has 3 heteroatoms. The van der Waals surface area contributed by atoms with Crippen molar-refractivity contribution in [3.63, 3.8) is 0 Å². The highest BCUT2D eigenvalue weighted by Gasteiger charge is 2.30. The van der Waals surface area contributed by atoms with E-state index in [4.69, 9.17) is 9.47 Å². The van der Waals surface area contributed by atoms with E-state index < -0.39 is 0 Å². The first-order valence-corrected chi connectivity index (χ1v) is 14.2. The van der Waals surface area contributed by atoms with E-state index in [0.29, 0.717) is 24.0 Å². The van der Waals surface area contributed by atoms with Gasteiger partial charge in [-0.15, -0.1) is 0 Å². The maximum Gasteiger partial charge on any atom is 0.308 e. The molecule has 0 aromatic heterocycles. The molecule has 0 N–H and O–H groups in total. The molecule has 3 nitrogen and oxygen atoms in total. The van der Waals surface area contributed by atoms with Gasteiger partial charge in [0, 0.05) is 0 Å². The summed E-state index contributed by atoms with van der Waals surface area (Å²) in [5.41, 5.74) is 1.82. The number of fused-ring (bicyclic) bond motifs is 1. The maximum atomic E-state index is 12.1. The average Bonchev–Trinajstić information content (AvgIpc) is 3.08. The Morgan fingerprint density at radius 1 is 0.886 bits per heavy atom. The zero-order valence-corrected chi connectivity index (χ0v) is 22.5. The number of rotatable bonds is 7. The molecule has 4 rings (SSSR count). The Balaban J connectivity index is 1.28. The lowest BCUT2D eigenvalue weighted by Crippen LogP contribution is -2.30. The van der Waals surface area contributed by atoms with Crippen LogP contribution in [0.3, 0.4) is 0 Å². The Kier molecular flexibility index (Phi) is 8.78. The monoisotopic (exact) mass is 478 g/mol. The Labute approximate surface area is 213 Å². The first kappa shape index (κ1) is 26.0. The summed E-state index contributed by atoms with van der Waals surface area (Å²) in [6.07, 6.45) is 13.1. The summed E-state index contributed by atoms with van der Waals surface area (Å²) < 4.78 is 11.7. The molecule has 2 aliphatic carbocycles. The molecule has 2 aromatic carbocycles. The number of carbonyl (C=O) groups excluding carboxylic acids is 1. The van der Waals surface area contributed by atoms with Crippen molar-refractivity contribution in [1.82, 2.24) is 0 Å². The molecule has 2 fully saturated rings. The number of ether oxygens (including phenoxy) is 2. The summed E-state index contributed by atoms with van der Waals surface area (Å²) in [4.78, 5) is 12.1. The molecule has 2 unspecified atom stereocenters. The zero-order valence-electron chi connectivity index (χ0n) is 22.5. The van der Waals surface area contributed by atoms with E-state index in [9.17, 15) is 4.79 Å². The van der Waals surface area contributed by atoms with E-state index in [2.05, 4.69) is 57.2 Å². The van der Waals surface area contributed by atoms with Crippen LogP contribution in [0, 0.1) is 23.2 Å². The van der Waals surface area contributed by atoms with Gasteiger partial charge in [0.2, 0.25) is 0 Å². The normalized spacial score (nSPS) is 25.7. The first-order chi connectivity index (χ1) is 16.8. The molecular formula is C32H46O3. The van der Waals surface area contributed by atoms with Gasteiger partial charge in [0.25, 0.3) is 0 Å². The van der Waals surface area contributed by atoms with Crippen LogP contribution in [-0.4, -0.2) is 18.7 Å². The second-order valence-electron chi connectivity index (χ2n) is 12.2. The van der Waals surface area contributed by atoms with Gasteiger partial charge in [0.1, 0.15) is 5.75 Å². The molecule has 2 aromatic rings. The fourth-order valence-corrected chi connectivity index (χ4v) is 6.28. The molecular weight excluding hydrogens is 432 g/mol. The number of aryl methyl sites for hydroxylation is 1. The third kappa shape index (κ3) is 7.24. The van der Waals surface area contributed by atoms with E-state index in [-0.39, 0.29) is 11.9 Å². The Morgan fingerprint density at radius 3 is 2.37 bits per heavy atom. The fourth-order valence-electron chi connectivity index (χ4n) is 6.28. The standard InChI is InChI=1S/C32H46O3/c1-5-34-31(33)25-8-6-7-23(11-13-25)9-10-24-12-14-27-22-30(18-15-26(27)21-24)35-29-19-16-28(17-20-29)32(2,3)4/h12,14-15,18,21-23,25,28-29H,5-11,13,16-17,19-20H2,1-4H3. The molecule has 0 aliphatic heterocycles. The van der Waals surface area contributed by atoms with Gasteiger partial charge in [-0.3, -0.25) is 4.79 Å². The minimum atomic E-state index is 0.0172. The maximum absolute atomic E-state index is 12.1. The smallest absolute Gasteiger partial charge is 0.308 e. The van der Waals surface area contributed by atoms with Gasteiger partial charge in [0.05, 0.1) is 18.6 Å². The predicted octanol–water partition coefficient (Wildman–Crippen LogP) is 8.52. The lowest BCUT2D eigenvalue weighted by Gasteiger charge is -2.37. The number of esters is 1. The van der Waals surface area contributed by atoms with Crippen molar-refractivity contribution >= 4 is 16.7 Å². The summed E-state index contributed by atoms with van der Waals surface area (Å²) in [6, 6.07) is 13.5. The minimum absolute atomic E-state index is 0.0172. The third-order valence-corrected chi connectivity index (χ3v) is 8.63. The van der Waals surface area contributed by atoms with Crippen LogP contribution >= 0.6 is 0 Å². The van der Waals surface area contributed by atoms with Crippen molar-refractivity contribution in [3.8, 4) is 5.75 Å². The van der Waals surface area contributed by atoms with E-state index in [1.807, 2.05) is 6.92 Å². The average molecular weight is 479 g/mol. The van der Waals surface area contributed by atoms with Crippen LogP contribution in [-0.2, 0) is 16.0 Å². The van der Waals surface area contributed by atoms with Gasteiger partial charge in [-0.25, -0.2) is 0 Å². The number of hydrogen-bond acceptors (Lipinski definition) is 3. The highest BCUT2D eigenvalue weighted by atomic mass is 16.5. The van der Waals surface area contributed by atoms with E-state index in [1.54, 1.807) is 0 Å². The predicted molar refractivity (Wildman–Crippen MR) is 145 cm³/mol. The quantitative estimate of drug-likeness (QED) is 0.295. The molecule has 2 aliphatic rings. The van der Waals surface area contributed by atoms with Gasteiger partial charge in [0.15, 0.2) is 0 Å². The van der Waals surface area contributed by atoms with Crippen molar-refractivity contribution in [3.05, 3.63) is 42.0 Å². The van der Waals surface area contributed by atoms with Crippen molar-refractivity contribution in [2.24, 2.45) is 23.2 Å². The van der Waals surface area contributed by atoms with Gasteiger partial charge >= 0.3 is 5.97 Å². The van der Waals surface area contributed by atoms with Gasteiger partial charge in [-0.1, -0.05) is 57.9 Å². The fraction of sp³-hybridized carbons (Fsp3) is 0.656. The second-order valence-corrected chi connectivity index (χ2v) is 12.2. The summed E-state index contributed by atoms with van der Waals surface area (Å²) >= 11 is 0. The second kappa shape index (κ2) is 11.8. The first-order valence-electron chi connectivity index (χ1n) is 14.2. The molecule has 0 amide bonds. The molecule has 2 saturated carbocycles. The van der Waals surface area contributed by atoms with Crippen molar-refractivity contribution in [2.75, 3.05) is 6.61 Å². The topological polar surface area (TPSA) is 35.5 Å². The molecule has 0 radical (unpaired) electrons. The molecule has 0 spiro atoms. The zero-order chi connectivity index (χ0) is 24.8. The van der Waals surface area contributed by atoms with E-state index in [1.165, 1.54) is 54.9 Å². The highest BCUT2D eigenvalue weighted by Crippen LogP contribution is 2.39. The van der Waals surface area contributed by atoms with E-state index in [0.717, 1.165) is 43.8 Å². The van der Waals surface area contributed by atoms with Crippen molar-refractivity contribution in [2.45, 2.75) is 104 Å². The van der Waals surface area contributed by atoms with Crippen LogP contribution in [0.4, 0.5) is 0 Å². The van der Waals surface area contributed by atoms with Crippen LogP contribution in [0.2, 0.25) is 0 Å². The minimum Gasteiger partial charge on any atom is -0.490 e. The molecule has 0 heterocycles. The lowest BCUT2D eigenvalue weighted by atomic mass is 9.72. The molecule has 192 valence electrons. The number of carbonyl (C=O) groups is 1.